The van der Waals surface area contributed by atoms with Crippen molar-refractivity contribution in [3.8, 4) is 0 Å². The second-order valence-corrected chi connectivity index (χ2v) is 17.6. The van der Waals surface area contributed by atoms with Crippen molar-refractivity contribution < 1.29 is 71.4 Å². The average molecular weight is 921 g/mol. The molecule has 0 aliphatic rings. The Bertz CT molecular complexity index is 1390. The van der Waals surface area contributed by atoms with Crippen LogP contribution in [0.3, 0.4) is 0 Å². The quantitative estimate of drug-likeness (QED) is 0.0166. The number of phosphoric ester groups is 2. The number of hydrogen-bond donors (Lipinski definition) is 5. The van der Waals surface area contributed by atoms with Crippen LogP contribution in [0, 0.1) is 0 Å². The normalized spacial score (nSPS) is 15.9. The van der Waals surface area contributed by atoms with Gasteiger partial charge in [-0.15, -0.1) is 0 Å². The molecule has 62 heavy (non-hydrogen) atoms. The summed E-state index contributed by atoms with van der Waals surface area (Å²) in [5.41, 5.74) is 0. The van der Waals surface area contributed by atoms with Crippen molar-refractivity contribution in [2.45, 2.75) is 161 Å². The molecular formula is C45H78O15P2. The van der Waals surface area contributed by atoms with Crippen LogP contribution in [0.5, 0.6) is 0 Å². The van der Waals surface area contributed by atoms with Gasteiger partial charge in [0, 0.05) is 12.8 Å². The van der Waals surface area contributed by atoms with Crippen molar-refractivity contribution in [2.24, 2.45) is 0 Å². The van der Waals surface area contributed by atoms with E-state index in [-0.39, 0.29) is 12.8 Å². The van der Waals surface area contributed by atoms with Gasteiger partial charge in [-0.25, -0.2) is 9.13 Å². The standard InChI is InChI=1S/C45H78O15P2/c1-3-5-7-9-11-13-15-17-18-19-20-22-24-26-28-30-32-34-45(50)56-36-42(47)38-58-62(53,54)60-40-43(48)39-59-61(51,52)57-37-41(46)35-55-44(49)33-31-29-27-25-23-21-16-14-12-10-8-6-4-2/h5,7,11,13,17-18,20-23,26,28,41-43,46-48H,3-4,6,8-10,12,14-16,19,24-25,27,29-40H2,1-2H3,(H,51,52)(H,53,54)/b7-5-,13-11-,18-17-,22-20-,23-21-,28-26-. The van der Waals surface area contributed by atoms with Gasteiger partial charge >= 0.3 is 27.6 Å². The first kappa shape index (κ1) is 59.5. The average Bonchev–Trinajstić information content (AvgIpc) is 3.24. The second kappa shape index (κ2) is 41.2. The molecule has 0 aliphatic carbocycles. The summed E-state index contributed by atoms with van der Waals surface area (Å²) in [6, 6.07) is 0. The Morgan fingerprint density at radius 1 is 0.435 bits per heavy atom. The SMILES string of the molecule is CC/C=C\C/C=C\C/C=C\C/C=C\C/C=C\CCCC(=O)OCC(O)COP(=O)(O)OCC(O)COP(=O)(O)OCC(O)COC(=O)CCCCC/C=C\CCCCCCCC. The highest BCUT2D eigenvalue weighted by Crippen LogP contribution is 2.45. The van der Waals surface area contributed by atoms with Crippen LogP contribution in [0.25, 0.3) is 0 Å². The molecule has 17 heteroatoms. The molecule has 358 valence electrons. The third kappa shape index (κ3) is 42.8. The van der Waals surface area contributed by atoms with E-state index in [9.17, 15) is 43.8 Å². The number of unbranched alkanes of at least 4 members (excludes halogenated alkanes) is 10. The molecule has 5 unspecified atom stereocenters. The first-order chi connectivity index (χ1) is 29.8. The van der Waals surface area contributed by atoms with E-state index >= 15 is 0 Å². The summed E-state index contributed by atoms with van der Waals surface area (Å²) in [6.45, 7) is 0.179. The molecule has 5 atom stereocenters. The van der Waals surface area contributed by atoms with Crippen LogP contribution < -0.4 is 0 Å². The minimum atomic E-state index is -4.80. The molecule has 0 saturated carbocycles. The number of allylic oxidation sites excluding steroid dienone is 12. The highest BCUT2D eigenvalue weighted by atomic mass is 31.2. The topological polar surface area (TPSA) is 225 Å². The maximum Gasteiger partial charge on any atom is 0.472 e. The molecule has 0 aliphatic heterocycles. The van der Waals surface area contributed by atoms with Crippen LogP contribution in [-0.4, -0.2) is 95.0 Å². The minimum absolute atomic E-state index is 0.115. The number of carbonyl (C=O) groups excluding carboxylic acids is 2. The Morgan fingerprint density at radius 2 is 0.758 bits per heavy atom. The second-order valence-electron chi connectivity index (χ2n) is 14.7. The third-order valence-corrected chi connectivity index (χ3v) is 10.5. The lowest BCUT2D eigenvalue weighted by molar-refractivity contribution is -0.148. The highest BCUT2D eigenvalue weighted by Gasteiger charge is 2.28. The summed E-state index contributed by atoms with van der Waals surface area (Å²) in [5.74, 6) is -1.07. The molecule has 0 fully saturated rings. The fraction of sp³-hybridized carbons (Fsp3) is 0.689. The first-order valence-corrected chi connectivity index (χ1v) is 25.3. The maximum atomic E-state index is 12.1. The summed E-state index contributed by atoms with van der Waals surface area (Å²) in [4.78, 5) is 43.6. The first-order valence-electron chi connectivity index (χ1n) is 22.3. The summed E-state index contributed by atoms with van der Waals surface area (Å²) in [6.07, 6.45) is 39.1. The predicted octanol–water partition coefficient (Wildman–Crippen LogP) is 9.60. The van der Waals surface area contributed by atoms with Crippen molar-refractivity contribution in [3.63, 3.8) is 0 Å². The van der Waals surface area contributed by atoms with E-state index in [2.05, 4.69) is 92.7 Å². The van der Waals surface area contributed by atoms with E-state index in [4.69, 9.17) is 9.47 Å². The van der Waals surface area contributed by atoms with Crippen molar-refractivity contribution >= 4 is 27.6 Å². The molecule has 0 bridgehead atoms. The molecule has 0 heterocycles. The molecule has 0 aromatic rings. The Balaban J connectivity index is 4.00. The molecule has 5 N–H and O–H groups in total. The fourth-order valence-corrected chi connectivity index (χ4v) is 6.77. The Labute approximate surface area is 371 Å². The molecule has 0 amide bonds. The van der Waals surface area contributed by atoms with Gasteiger partial charge in [0.25, 0.3) is 0 Å². The zero-order valence-corrected chi connectivity index (χ0v) is 39.0. The van der Waals surface area contributed by atoms with E-state index in [0.717, 1.165) is 57.8 Å². The van der Waals surface area contributed by atoms with Crippen molar-refractivity contribution in [1.29, 1.82) is 0 Å². The van der Waals surface area contributed by atoms with E-state index in [1.165, 1.54) is 38.5 Å². The van der Waals surface area contributed by atoms with Gasteiger partial charge in [0.2, 0.25) is 0 Å². The van der Waals surface area contributed by atoms with Crippen molar-refractivity contribution in [3.05, 3.63) is 72.9 Å². The van der Waals surface area contributed by atoms with Gasteiger partial charge < -0.3 is 34.6 Å². The molecule has 0 rings (SSSR count). The number of hydrogen-bond acceptors (Lipinski definition) is 13. The molecule has 0 radical (unpaired) electrons. The van der Waals surface area contributed by atoms with Crippen molar-refractivity contribution in [1.82, 2.24) is 0 Å². The van der Waals surface area contributed by atoms with E-state index in [1.807, 2.05) is 12.2 Å². The zero-order chi connectivity index (χ0) is 46.0. The van der Waals surface area contributed by atoms with Gasteiger partial charge in [-0.1, -0.05) is 125 Å². The number of phosphoric acid groups is 2. The minimum Gasteiger partial charge on any atom is -0.463 e. The molecule has 0 aromatic heterocycles. The summed E-state index contributed by atoms with van der Waals surface area (Å²) in [5, 5.41) is 29.9. The molecule has 0 aromatic carbocycles. The number of aliphatic hydroxyl groups excluding tert-OH is 3. The smallest absolute Gasteiger partial charge is 0.463 e. The lowest BCUT2D eigenvalue weighted by atomic mass is 10.1. The molecule has 0 saturated heterocycles. The highest BCUT2D eigenvalue weighted by molar-refractivity contribution is 7.47. The largest absolute Gasteiger partial charge is 0.472 e. The van der Waals surface area contributed by atoms with E-state index < -0.39 is 85.5 Å². The van der Waals surface area contributed by atoms with Crippen LogP contribution in [0.1, 0.15) is 142 Å². The van der Waals surface area contributed by atoms with E-state index in [0.29, 0.717) is 19.3 Å². The van der Waals surface area contributed by atoms with E-state index in [1.54, 1.807) is 0 Å². The van der Waals surface area contributed by atoms with Gasteiger partial charge in [-0.3, -0.25) is 27.7 Å². The van der Waals surface area contributed by atoms with Gasteiger partial charge in [-0.05, 0) is 77.0 Å². The van der Waals surface area contributed by atoms with Crippen LogP contribution in [0.2, 0.25) is 0 Å². The lowest BCUT2D eigenvalue weighted by Gasteiger charge is -2.19. The van der Waals surface area contributed by atoms with Crippen LogP contribution in [-0.2, 0) is 46.3 Å². The zero-order valence-electron chi connectivity index (χ0n) is 37.3. The summed E-state index contributed by atoms with van der Waals surface area (Å²) >= 11 is 0. The van der Waals surface area contributed by atoms with Crippen molar-refractivity contribution in [2.75, 3.05) is 39.6 Å². The summed E-state index contributed by atoms with van der Waals surface area (Å²) in [7, 11) is -9.59. The Hall–Kier alpha value is -2.52. The van der Waals surface area contributed by atoms with Gasteiger partial charge in [0.05, 0.1) is 26.4 Å². The van der Waals surface area contributed by atoms with Crippen LogP contribution >= 0.6 is 15.6 Å². The van der Waals surface area contributed by atoms with Crippen LogP contribution in [0.15, 0.2) is 72.9 Å². The Morgan fingerprint density at radius 3 is 1.19 bits per heavy atom. The molecule has 15 nitrogen and oxygen atoms in total. The van der Waals surface area contributed by atoms with Gasteiger partial charge in [0.1, 0.15) is 31.5 Å². The summed E-state index contributed by atoms with van der Waals surface area (Å²) < 4.78 is 52.8. The number of aliphatic hydroxyl groups is 3. The van der Waals surface area contributed by atoms with Gasteiger partial charge in [0.15, 0.2) is 0 Å². The fourth-order valence-electron chi connectivity index (χ4n) is 5.18. The Kier molecular flexibility index (Phi) is 39.5. The predicted molar refractivity (Wildman–Crippen MR) is 242 cm³/mol. The number of rotatable bonds is 42. The monoisotopic (exact) mass is 920 g/mol. The van der Waals surface area contributed by atoms with Crippen LogP contribution in [0.4, 0.5) is 0 Å². The number of carbonyl (C=O) groups is 2. The van der Waals surface area contributed by atoms with Gasteiger partial charge in [-0.2, -0.15) is 0 Å². The maximum absolute atomic E-state index is 12.1. The molecule has 0 spiro atoms. The molecular weight excluding hydrogens is 842 g/mol. The number of esters is 2. The lowest BCUT2D eigenvalue weighted by Crippen LogP contribution is -2.25. The number of ether oxygens (including phenoxy) is 2. The third-order valence-electron chi connectivity index (χ3n) is 8.65.